The molecule has 2 rings (SSSR count). The fraction of sp³-hybridized carbons (Fsp3) is 0.0667. The van der Waals surface area contributed by atoms with E-state index >= 15 is 0 Å². The summed E-state index contributed by atoms with van der Waals surface area (Å²) >= 11 is 0. The summed E-state index contributed by atoms with van der Waals surface area (Å²) in [6.45, 7) is 1.94. The highest BCUT2D eigenvalue weighted by atomic mass is 16.1. The Bertz CT molecular complexity index is 637. The molecule has 0 spiro atoms. The maximum absolute atomic E-state index is 11.3. The van der Waals surface area contributed by atoms with Crippen LogP contribution in [-0.2, 0) is 0 Å². The fourth-order valence-electron chi connectivity index (χ4n) is 1.55. The maximum atomic E-state index is 11.3. The summed E-state index contributed by atoms with van der Waals surface area (Å²) in [7, 11) is 0. The highest BCUT2D eigenvalue weighted by molar-refractivity contribution is 5.95. The number of primary amides is 1. The van der Waals surface area contributed by atoms with Gasteiger partial charge in [0.15, 0.2) is 0 Å². The van der Waals surface area contributed by atoms with Gasteiger partial charge in [-0.2, -0.15) is 0 Å². The van der Waals surface area contributed by atoms with Gasteiger partial charge in [0.2, 0.25) is 5.91 Å². The smallest absolute Gasteiger partial charge is 0.249 e. The van der Waals surface area contributed by atoms with Gasteiger partial charge < -0.3 is 5.73 Å². The minimum absolute atomic E-state index is 0.442. The van der Waals surface area contributed by atoms with Crippen LogP contribution in [0, 0.1) is 18.8 Å². The van der Waals surface area contributed by atoms with Crippen LogP contribution < -0.4 is 5.73 Å². The van der Waals surface area contributed by atoms with Gasteiger partial charge >= 0.3 is 0 Å². The number of nitrogens with zero attached hydrogens (tertiary/aromatic N) is 1. The number of hydrogen-bond donors (Lipinski definition) is 1. The second kappa shape index (κ2) is 5.15. The summed E-state index contributed by atoms with van der Waals surface area (Å²) in [5.74, 6) is 5.46. The molecule has 0 unspecified atom stereocenters. The van der Waals surface area contributed by atoms with Crippen molar-refractivity contribution in [3.63, 3.8) is 0 Å². The normalized spacial score (nSPS) is 9.39. The summed E-state index contributed by atoms with van der Waals surface area (Å²) in [5, 5.41) is 0. The van der Waals surface area contributed by atoms with Crippen molar-refractivity contribution in [1.29, 1.82) is 0 Å². The molecule has 3 heteroatoms. The molecule has 1 heterocycles. The minimum Gasteiger partial charge on any atom is -0.366 e. The number of aromatic nitrogens is 1. The molecule has 0 saturated carbocycles. The van der Waals surface area contributed by atoms with Crippen LogP contribution in [0.5, 0.6) is 0 Å². The number of carbonyl (C=O) groups excluding carboxylic acids is 1. The first-order valence-electron chi connectivity index (χ1n) is 5.49. The SMILES string of the molecule is Cc1ccc(C(N)=O)c(C#Cc2cccnc2)c1. The van der Waals surface area contributed by atoms with E-state index in [4.69, 9.17) is 5.73 Å². The van der Waals surface area contributed by atoms with Gasteiger partial charge in [0.1, 0.15) is 0 Å². The van der Waals surface area contributed by atoms with Gasteiger partial charge in [0.05, 0.1) is 5.56 Å². The monoisotopic (exact) mass is 236 g/mol. The van der Waals surface area contributed by atoms with E-state index in [9.17, 15) is 4.79 Å². The molecule has 0 aliphatic heterocycles. The van der Waals surface area contributed by atoms with Gasteiger partial charge in [-0.05, 0) is 36.8 Å². The molecule has 0 saturated heterocycles. The molecule has 2 N–H and O–H groups in total. The predicted octanol–water partition coefficient (Wildman–Crippen LogP) is 1.89. The van der Waals surface area contributed by atoms with Crippen LogP contribution in [-0.4, -0.2) is 10.9 Å². The average molecular weight is 236 g/mol. The maximum Gasteiger partial charge on any atom is 0.249 e. The Hall–Kier alpha value is -2.60. The molecule has 0 aliphatic carbocycles. The molecule has 0 bridgehead atoms. The topological polar surface area (TPSA) is 56.0 Å². The first-order chi connectivity index (χ1) is 8.66. The van der Waals surface area contributed by atoms with Crippen molar-refractivity contribution in [2.75, 3.05) is 0 Å². The first-order valence-corrected chi connectivity index (χ1v) is 5.49. The number of aryl methyl sites for hydroxylation is 1. The zero-order valence-corrected chi connectivity index (χ0v) is 9.97. The van der Waals surface area contributed by atoms with Crippen LogP contribution in [0.3, 0.4) is 0 Å². The van der Waals surface area contributed by atoms with E-state index in [0.717, 1.165) is 11.1 Å². The number of amides is 1. The highest BCUT2D eigenvalue weighted by Gasteiger charge is 2.05. The van der Waals surface area contributed by atoms with Gasteiger partial charge in [-0.15, -0.1) is 0 Å². The lowest BCUT2D eigenvalue weighted by atomic mass is 10.0. The van der Waals surface area contributed by atoms with Crippen LogP contribution in [0.15, 0.2) is 42.7 Å². The lowest BCUT2D eigenvalue weighted by Gasteiger charge is -2.01. The van der Waals surface area contributed by atoms with E-state index in [-0.39, 0.29) is 0 Å². The van der Waals surface area contributed by atoms with Gasteiger partial charge in [-0.1, -0.05) is 17.9 Å². The quantitative estimate of drug-likeness (QED) is 0.769. The fourth-order valence-corrected chi connectivity index (χ4v) is 1.55. The molecule has 88 valence electrons. The van der Waals surface area contributed by atoms with Crippen molar-refractivity contribution in [2.45, 2.75) is 6.92 Å². The molecule has 1 aromatic carbocycles. The molecule has 1 amide bonds. The van der Waals surface area contributed by atoms with Crippen molar-refractivity contribution in [1.82, 2.24) is 4.98 Å². The van der Waals surface area contributed by atoms with Crippen LogP contribution in [0.1, 0.15) is 27.0 Å². The third kappa shape index (κ3) is 2.74. The van der Waals surface area contributed by atoms with Gasteiger partial charge in [0, 0.05) is 23.5 Å². The van der Waals surface area contributed by atoms with E-state index in [2.05, 4.69) is 16.8 Å². The van der Waals surface area contributed by atoms with Crippen molar-refractivity contribution >= 4 is 5.91 Å². The van der Waals surface area contributed by atoms with E-state index in [0.29, 0.717) is 11.1 Å². The molecule has 3 nitrogen and oxygen atoms in total. The van der Waals surface area contributed by atoms with Crippen molar-refractivity contribution < 1.29 is 4.79 Å². The molecular formula is C15H12N2O. The van der Waals surface area contributed by atoms with E-state index < -0.39 is 5.91 Å². The molecule has 2 aromatic rings. The second-order valence-corrected chi connectivity index (χ2v) is 3.90. The van der Waals surface area contributed by atoms with Crippen molar-refractivity contribution in [3.8, 4) is 11.8 Å². The Labute approximate surface area is 106 Å². The third-order valence-electron chi connectivity index (χ3n) is 2.44. The minimum atomic E-state index is -0.467. The van der Waals surface area contributed by atoms with E-state index in [1.54, 1.807) is 18.5 Å². The Morgan fingerprint density at radius 1 is 1.28 bits per heavy atom. The lowest BCUT2D eigenvalue weighted by molar-refractivity contribution is 0.1000. The van der Waals surface area contributed by atoms with E-state index in [1.165, 1.54) is 0 Å². The number of pyridine rings is 1. The van der Waals surface area contributed by atoms with Gasteiger partial charge in [-0.25, -0.2) is 0 Å². The zero-order valence-electron chi connectivity index (χ0n) is 9.97. The second-order valence-electron chi connectivity index (χ2n) is 3.90. The van der Waals surface area contributed by atoms with E-state index in [1.807, 2.05) is 31.2 Å². The van der Waals surface area contributed by atoms with Crippen molar-refractivity contribution in [2.24, 2.45) is 5.73 Å². The Morgan fingerprint density at radius 3 is 2.78 bits per heavy atom. The van der Waals surface area contributed by atoms with Crippen LogP contribution >= 0.6 is 0 Å². The molecule has 18 heavy (non-hydrogen) atoms. The molecule has 0 radical (unpaired) electrons. The summed E-state index contributed by atoms with van der Waals surface area (Å²) in [4.78, 5) is 15.3. The lowest BCUT2D eigenvalue weighted by Crippen LogP contribution is -2.12. The number of carbonyl (C=O) groups is 1. The van der Waals surface area contributed by atoms with Gasteiger partial charge in [0.25, 0.3) is 0 Å². The first kappa shape index (κ1) is 11.9. The molecule has 1 aromatic heterocycles. The Morgan fingerprint density at radius 2 is 2.11 bits per heavy atom. The van der Waals surface area contributed by atoms with Crippen LogP contribution in [0.4, 0.5) is 0 Å². The Kier molecular flexibility index (Phi) is 3.40. The van der Waals surface area contributed by atoms with Crippen LogP contribution in [0.25, 0.3) is 0 Å². The molecular weight excluding hydrogens is 224 g/mol. The number of benzene rings is 1. The standard InChI is InChI=1S/C15H12N2O/c1-11-4-7-14(15(16)18)13(9-11)6-5-12-3-2-8-17-10-12/h2-4,7-10H,1H3,(H2,16,18). The van der Waals surface area contributed by atoms with Gasteiger partial charge in [-0.3, -0.25) is 9.78 Å². The largest absolute Gasteiger partial charge is 0.366 e. The summed E-state index contributed by atoms with van der Waals surface area (Å²) in [6.07, 6.45) is 3.36. The third-order valence-corrected chi connectivity index (χ3v) is 2.44. The van der Waals surface area contributed by atoms with Crippen molar-refractivity contribution in [3.05, 3.63) is 65.0 Å². The summed E-state index contributed by atoms with van der Waals surface area (Å²) in [6, 6.07) is 9.07. The molecule has 0 aliphatic rings. The number of nitrogens with two attached hydrogens (primary N) is 1. The number of hydrogen-bond acceptors (Lipinski definition) is 2. The predicted molar refractivity (Wildman–Crippen MR) is 69.9 cm³/mol. The number of rotatable bonds is 1. The highest BCUT2D eigenvalue weighted by Crippen LogP contribution is 2.10. The van der Waals surface area contributed by atoms with Crippen LogP contribution in [0.2, 0.25) is 0 Å². The zero-order chi connectivity index (χ0) is 13.0. The Balaban J connectivity index is 2.43. The molecule has 0 fully saturated rings. The molecule has 0 atom stereocenters. The average Bonchev–Trinajstić information content (AvgIpc) is 2.37. The summed E-state index contributed by atoms with van der Waals surface area (Å²) in [5.41, 5.74) is 8.24. The summed E-state index contributed by atoms with van der Waals surface area (Å²) < 4.78 is 0.